The molecule has 0 saturated carbocycles. The van der Waals surface area contributed by atoms with Gasteiger partial charge in [0.25, 0.3) is 0 Å². The molecule has 11 heteroatoms. The summed E-state index contributed by atoms with van der Waals surface area (Å²) in [4.78, 5) is 36.3. The molecule has 0 spiro atoms. The van der Waals surface area contributed by atoms with Crippen LogP contribution in [0.5, 0.6) is 0 Å². The van der Waals surface area contributed by atoms with E-state index in [0.29, 0.717) is 77.6 Å². The highest BCUT2D eigenvalue weighted by Crippen LogP contribution is 2.50. The number of halogens is 2. The lowest BCUT2D eigenvalue weighted by Crippen LogP contribution is -2.24. The lowest BCUT2D eigenvalue weighted by atomic mass is 9.97. The summed E-state index contributed by atoms with van der Waals surface area (Å²) in [5, 5.41) is 12.8. The number of aromatic nitrogens is 3. The molecule has 206 valence electrons. The van der Waals surface area contributed by atoms with Crippen molar-refractivity contribution in [3.05, 3.63) is 69.4 Å². The maximum Gasteiger partial charge on any atom is 0.341 e. The van der Waals surface area contributed by atoms with Crippen molar-refractivity contribution in [1.29, 1.82) is 0 Å². The number of carbonyl (C=O) groups is 1. The number of nitrogens with one attached hydrogen (secondary N) is 1. The van der Waals surface area contributed by atoms with Gasteiger partial charge in [0.05, 0.1) is 16.8 Å². The minimum atomic E-state index is -1.32. The predicted molar refractivity (Wildman–Crippen MR) is 149 cm³/mol. The van der Waals surface area contributed by atoms with Gasteiger partial charge in [0.15, 0.2) is 11.6 Å². The fourth-order valence-corrected chi connectivity index (χ4v) is 6.02. The monoisotopic (exact) mass is 546 g/mol. The van der Waals surface area contributed by atoms with Crippen LogP contribution in [-0.4, -0.2) is 52.3 Å². The topological polar surface area (TPSA) is 126 Å². The molecular formula is C29H28F2N6O3. The second-order valence-corrected chi connectivity index (χ2v) is 10.2. The molecule has 3 aromatic heterocycles. The molecule has 1 aromatic carbocycles. The number of anilines is 2. The summed E-state index contributed by atoms with van der Waals surface area (Å²) in [6.45, 7) is 4.02. The fraction of sp³-hybridized carbons (Fsp3) is 0.310. The maximum absolute atomic E-state index is 15.5. The Morgan fingerprint density at radius 2 is 2.02 bits per heavy atom. The molecule has 1 aliphatic carbocycles. The van der Waals surface area contributed by atoms with E-state index in [2.05, 4.69) is 20.2 Å². The molecule has 9 nitrogen and oxygen atoms in total. The highest BCUT2D eigenvalue weighted by atomic mass is 19.2. The third-order valence-electron chi connectivity index (χ3n) is 8.05. The molecule has 0 amide bonds. The summed E-state index contributed by atoms with van der Waals surface area (Å²) in [6.07, 6.45) is 5.75. The second-order valence-electron chi connectivity index (χ2n) is 10.2. The average Bonchev–Trinajstić information content (AvgIpc) is 3.59. The Kier molecular flexibility index (Phi) is 6.25. The normalized spacial score (nSPS) is 15.9. The summed E-state index contributed by atoms with van der Waals surface area (Å²) in [5.74, 6) is -2.98. The van der Waals surface area contributed by atoms with Crippen LogP contribution in [0.2, 0.25) is 0 Å². The molecular weight excluding hydrogens is 518 g/mol. The molecule has 4 heterocycles. The van der Waals surface area contributed by atoms with Crippen molar-refractivity contribution in [3.8, 4) is 22.3 Å². The van der Waals surface area contributed by atoms with Crippen molar-refractivity contribution >= 4 is 28.4 Å². The number of aryl methyl sites for hydroxylation is 1. The van der Waals surface area contributed by atoms with Crippen LogP contribution in [-0.2, 0) is 13.0 Å². The van der Waals surface area contributed by atoms with E-state index in [1.807, 2.05) is 6.92 Å². The number of carboxylic acid groups (broad SMARTS) is 1. The first kappa shape index (κ1) is 25.9. The van der Waals surface area contributed by atoms with Gasteiger partial charge in [0.1, 0.15) is 11.2 Å². The SMILES string of the molecule is CCn1cc(C(=O)O)c(=O)c2cc(-c3cnc4c(c3N3CCC(CN)C3)-c3c(F)c(F)cc(NC)c3C4)cnc21. The Balaban J connectivity index is 1.65. The van der Waals surface area contributed by atoms with Gasteiger partial charge < -0.3 is 25.6 Å². The zero-order chi connectivity index (χ0) is 28.3. The van der Waals surface area contributed by atoms with Crippen LogP contribution >= 0.6 is 0 Å². The average molecular weight is 547 g/mol. The number of hydrogen-bond donors (Lipinski definition) is 3. The van der Waals surface area contributed by atoms with E-state index in [0.717, 1.165) is 12.5 Å². The van der Waals surface area contributed by atoms with E-state index in [4.69, 9.17) is 5.73 Å². The number of carboxylic acids is 1. The Bertz CT molecular complexity index is 1770. The van der Waals surface area contributed by atoms with Crippen LogP contribution < -0.4 is 21.4 Å². The second kappa shape index (κ2) is 9.67. The van der Waals surface area contributed by atoms with E-state index in [1.165, 1.54) is 6.20 Å². The molecule has 2 aliphatic rings. The molecule has 6 rings (SSSR count). The molecule has 1 atom stereocenters. The van der Waals surface area contributed by atoms with Crippen molar-refractivity contribution in [2.24, 2.45) is 11.7 Å². The third kappa shape index (κ3) is 3.83. The first-order valence-corrected chi connectivity index (χ1v) is 13.2. The van der Waals surface area contributed by atoms with Crippen LogP contribution in [0.4, 0.5) is 20.2 Å². The van der Waals surface area contributed by atoms with Gasteiger partial charge in [-0.1, -0.05) is 0 Å². The van der Waals surface area contributed by atoms with E-state index >= 15 is 4.39 Å². The molecule has 0 bridgehead atoms. The molecule has 1 saturated heterocycles. The molecule has 0 radical (unpaired) electrons. The number of fused-ring (bicyclic) bond motifs is 4. The molecule has 4 N–H and O–H groups in total. The van der Waals surface area contributed by atoms with Crippen molar-refractivity contribution in [2.75, 3.05) is 36.9 Å². The lowest BCUT2D eigenvalue weighted by molar-refractivity contribution is 0.0695. The van der Waals surface area contributed by atoms with Gasteiger partial charge in [-0.25, -0.2) is 18.6 Å². The molecule has 40 heavy (non-hydrogen) atoms. The maximum atomic E-state index is 15.5. The van der Waals surface area contributed by atoms with Gasteiger partial charge >= 0.3 is 5.97 Å². The van der Waals surface area contributed by atoms with E-state index in [9.17, 15) is 19.1 Å². The Hall–Kier alpha value is -4.38. The van der Waals surface area contributed by atoms with Gasteiger partial charge in [-0.15, -0.1) is 0 Å². The summed E-state index contributed by atoms with van der Waals surface area (Å²) in [6, 6.07) is 2.77. The minimum absolute atomic E-state index is 0.155. The number of nitrogens with zero attached hydrogens (tertiary/aromatic N) is 4. The van der Waals surface area contributed by atoms with Crippen molar-refractivity contribution in [3.63, 3.8) is 0 Å². The fourth-order valence-electron chi connectivity index (χ4n) is 6.02. The van der Waals surface area contributed by atoms with E-state index in [1.54, 1.807) is 30.1 Å². The van der Waals surface area contributed by atoms with Crippen LogP contribution in [0.25, 0.3) is 33.3 Å². The first-order valence-electron chi connectivity index (χ1n) is 13.2. The van der Waals surface area contributed by atoms with Crippen molar-refractivity contribution in [2.45, 2.75) is 26.3 Å². The highest BCUT2D eigenvalue weighted by molar-refractivity contribution is 5.98. The Morgan fingerprint density at radius 1 is 1.23 bits per heavy atom. The van der Waals surface area contributed by atoms with Crippen LogP contribution in [0, 0.1) is 17.6 Å². The standard InChI is InChI=1S/C29H28F2N6O3/c1-3-36-13-19(29(39)40)27(38)17-6-15(10-35-28(17)36)18-11-34-22-7-16-21(33-2)8-20(30)25(31)23(16)24(22)26(18)37-5-4-14(9-32)12-37/h6,8,10-11,13-14,33H,3-5,7,9,12,32H2,1-2H3,(H,39,40). The number of pyridine rings is 3. The number of nitrogens with two attached hydrogens (primary N) is 1. The largest absolute Gasteiger partial charge is 0.477 e. The van der Waals surface area contributed by atoms with Crippen molar-refractivity contribution < 1.29 is 18.7 Å². The summed E-state index contributed by atoms with van der Waals surface area (Å²) < 4.78 is 31.9. The molecule has 1 fully saturated rings. The number of aromatic carboxylic acids is 1. The smallest absolute Gasteiger partial charge is 0.341 e. The van der Waals surface area contributed by atoms with Crippen molar-refractivity contribution in [1.82, 2.24) is 14.5 Å². The Morgan fingerprint density at radius 3 is 2.70 bits per heavy atom. The molecule has 4 aromatic rings. The van der Waals surface area contributed by atoms with Gasteiger partial charge in [0.2, 0.25) is 5.43 Å². The lowest BCUT2D eigenvalue weighted by Gasteiger charge is -2.26. The van der Waals surface area contributed by atoms with Crippen LogP contribution in [0.15, 0.2) is 35.5 Å². The van der Waals surface area contributed by atoms with Gasteiger partial charge in [-0.05, 0) is 37.4 Å². The first-order chi connectivity index (χ1) is 19.3. The number of rotatable bonds is 6. The molecule has 1 aliphatic heterocycles. The predicted octanol–water partition coefficient (Wildman–Crippen LogP) is 3.85. The van der Waals surface area contributed by atoms with Gasteiger partial charge in [-0.3, -0.25) is 9.78 Å². The summed E-state index contributed by atoms with van der Waals surface area (Å²) in [7, 11) is 1.66. The van der Waals surface area contributed by atoms with Crippen LogP contribution in [0.3, 0.4) is 0 Å². The third-order valence-corrected chi connectivity index (χ3v) is 8.05. The summed E-state index contributed by atoms with van der Waals surface area (Å²) >= 11 is 0. The quantitative estimate of drug-likeness (QED) is 0.293. The summed E-state index contributed by atoms with van der Waals surface area (Å²) in [5.41, 5.74) is 9.60. The van der Waals surface area contributed by atoms with Crippen LogP contribution in [0.1, 0.15) is 35.0 Å². The van der Waals surface area contributed by atoms with Gasteiger partial charge in [-0.2, -0.15) is 0 Å². The zero-order valence-corrected chi connectivity index (χ0v) is 22.1. The highest BCUT2D eigenvalue weighted by Gasteiger charge is 2.35. The molecule has 1 unspecified atom stereocenters. The van der Waals surface area contributed by atoms with Gasteiger partial charge in [0, 0.05) is 85.7 Å². The Labute approximate surface area is 228 Å². The number of benzene rings is 1. The number of hydrogen-bond acceptors (Lipinski definition) is 7. The zero-order valence-electron chi connectivity index (χ0n) is 22.1. The van der Waals surface area contributed by atoms with E-state index in [-0.39, 0.29) is 22.4 Å². The van der Waals surface area contributed by atoms with E-state index < -0.39 is 23.0 Å². The minimum Gasteiger partial charge on any atom is -0.477 e.